The van der Waals surface area contributed by atoms with Gasteiger partial charge >= 0.3 is 0 Å². The van der Waals surface area contributed by atoms with Gasteiger partial charge in [-0.2, -0.15) is 5.10 Å². The summed E-state index contributed by atoms with van der Waals surface area (Å²) in [6.45, 7) is 1.94. The molecule has 1 heterocycles. The highest BCUT2D eigenvalue weighted by Gasteiger charge is 2.22. The van der Waals surface area contributed by atoms with E-state index in [1.807, 2.05) is 41.9 Å². The maximum Gasteiger partial charge on any atom is 0.159 e. The molecule has 0 spiro atoms. The van der Waals surface area contributed by atoms with Crippen LogP contribution in [0.3, 0.4) is 0 Å². The maximum atomic E-state index is 4.75. The van der Waals surface area contributed by atoms with Gasteiger partial charge in [0.2, 0.25) is 0 Å². The van der Waals surface area contributed by atoms with Crippen LogP contribution in [0.5, 0.6) is 0 Å². The van der Waals surface area contributed by atoms with E-state index in [1.165, 1.54) is 11.1 Å². The first kappa shape index (κ1) is 15.3. The molecule has 1 aromatic heterocycles. The average Bonchev–Trinajstić information content (AvgIpc) is 3.06. The van der Waals surface area contributed by atoms with Crippen molar-refractivity contribution in [2.75, 3.05) is 0 Å². The third kappa shape index (κ3) is 3.09. The Morgan fingerprint density at radius 3 is 1.68 bits per heavy atom. The SMILES string of the molecule is Cc1nc(-c2ccccc2)n(C(c2ccccc2)c2ccccc2)n1. The van der Waals surface area contributed by atoms with Crippen molar-refractivity contribution in [3.63, 3.8) is 0 Å². The standard InChI is InChI=1S/C22H19N3/c1-17-23-22(20-15-9-4-10-16-20)25(24-17)21(18-11-5-2-6-12-18)19-13-7-3-8-14-19/h2-16,21H,1H3. The molecular formula is C22H19N3. The highest BCUT2D eigenvalue weighted by Crippen LogP contribution is 2.30. The Morgan fingerprint density at radius 2 is 1.16 bits per heavy atom. The zero-order valence-electron chi connectivity index (χ0n) is 14.1. The zero-order chi connectivity index (χ0) is 17.1. The van der Waals surface area contributed by atoms with E-state index in [0.29, 0.717) is 0 Å². The van der Waals surface area contributed by atoms with Gasteiger partial charge in [0.05, 0.1) is 0 Å². The van der Waals surface area contributed by atoms with Crippen LogP contribution in [0.15, 0.2) is 91.0 Å². The lowest BCUT2D eigenvalue weighted by molar-refractivity contribution is 0.597. The molecule has 0 aliphatic rings. The molecule has 25 heavy (non-hydrogen) atoms. The minimum atomic E-state index is -0.0150. The van der Waals surface area contributed by atoms with Gasteiger partial charge in [0.25, 0.3) is 0 Å². The van der Waals surface area contributed by atoms with Gasteiger partial charge < -0.3 is 0 Å². The first-order chi connectivity index (χ1) is 12.3. The molecule has 0 unspecified atom stereocenters. The van der Waals surface area contributed by atoms with E-state index < -0.39 is 0 Å². The minimum absolute atomic E-state index is 0.0150. The number of aryl methyl sites for hydroxylation is 1. The molecule has 3 nitrogen and oxygen atoms in total. The summed E-state index contributed by atoms with van der Waals surface area (Å²) in [5.41, 5.74) is 3.45. The molecule has 122 valence electrons. The fourth-order valence-corrected chi connectivity index (χ4v) is 3.14. The molecule has 3 heteroatoms. The Hall–Kier alpha value is -3.20. The van der Waals surface area contributed by atoms with Crippen molar-refractivity contribution in [2.45, 2.75) is 13.0 Å². The molecular weight excluding hydrogens is 306 g/mol. The van der Waals surface area contributed by atoms with Crippen molar-refractivity contribution in [3.8, 4) is 11.4 Å². The Kier molecular flexibility index (Phi) is 4.13. The summed E-state index contributed by atoms with van der Waals surface area (Å²) in [6.07, 6.45) is 0. The topological polar surface area (TPSA) is 30.7 Å². The van der Waals surface area contributed by atoms with E-state index in [-0.39, 0.29) is 6.04 Å². The molecule has 0 bridgehead atoms. The average molecular weight is 325 g/mol. The van der Waals surface area contributed by atoms with E-state index in [9.17, 15) is 0 Å². The largest absolute Gasteiger partial charge is 0.233 e. The monoisotopic (exact) mass is 325 g/mol. The molecule has 4 aromatic rings. The van der Waals surface area contributed by atoms with Crippen molar-refractivity contribution < 1.29 is 0 Å². The van der Waals surface area contributed by atoms with Crippen LogP contribution in [0.1, 0.15) is 23.0 Å². The van der Waals surface area contributed by atoms with Gasteiger partial charge in [0.1, 0.15) is 11.9 Å². The maximum absolute atomic E-state index is 4.75. The predicted molar refractivity (Wildman–Crippen MR) is 100 cm³/mol. The Labute approximate surface area is 147 Å². The third-order valence-corrected chi connectivity index (χ3v) is 4.24. The highest BCUT2D eigenvalue weighted by atomic mass is 15.4. The van der Waals surface area contributed by atoms with Gasteiger partial charge in [0, 0.05) is 5.56 Å². The number of hydrogen-bond acceptors (Lipinski definition) is 2. The summed E-state index contributed by atoms with van der Waals surface area (Å²) in [5.74, 6) is 1.66. The lowest BCUT2D eigenvalue weighted by Crippen LogP contribution is -2.15. The van der Waals surface area contributed by atoms with Gasteiger partial charge in [-0.1, -0.05) is 91.0 Å². The number of hydrogen-bond donors (Lipinski definition) is 0. The molecule has 0 aliphatic heterocycles. The van der Waals surface area contributed by atoms with E-state index in [2.05, 4.69) is 60.7 Å². The van der Waals surface area contributed by atoms with Crippen molar-refractivity contribution in [1.82, 2.24) is 14.8 Å². The quantitative estimate of drug-likeness (QED) is 0.535. The van der Waals surface area contributed by atoms with Crippen LogP contribution in [0.2, 0.25) is 0 Å². The van der Waals surface area contributed by atoms with E-state index in [4.69, 9.17) is 10.1 Å². The Bertz CT molecular complexity index is 905. The second-order valence-electron chi connectivity index (χ2n) is 6.02. The van der Waals surface area contributed by atoms with Crippen molar-refractivity contribution in [1.29, 1.82) is 0 Å². The fraction of sp³-hybridized carbons (Fsp3) is 0.0909. The predicted octanol–water partition coefficient (Wildman–Crippen LogP) is 4.89. The van der Waals surface area contributed by atoms with Crippen LogP contribution >= 0.6 is 0 Å². The lowest BCUT2D eigenvalue weighted by atomic mass is 9.98. The number of benzene rings is 3. The van der Waals surface area contributed by atoms with Crippen LogP contribution in [-0.4, -0.2) is 14.8 Å². The summed E-state index contributed by atoms with van der Waals surface area (Å²) in [5, 5.41) is 4.75. The first-order valence-corrected chi connectivity index (χ1v) is 8.41. The molecule has 0 amide bonds. The van der Waals surface area contributed by atoms with Crippen LogP contribution in [0.25, 0.3) is 11.4 Å². The minimum Gasteiger partial charge on any atom is -0.233 e. The second kappa shape index (κ2) is 6.73. The van der Waals surface area contributed by atoms with Crippen molar-refractivity contribution in [3.05, 3.63) is 108 Å². The van der Waals surface area contributed by atoms with E-state index >= 15 is 0 Å². The summed E-state index contributed by atoms with van der Waals surface area (Å²) in [4.78, 5) is 4.70. The van der Waals surface area contributed by atoms with Gasteiger partial charge in [-0.05, 0) is 18.1 Å². The number of rotatable bonds is 4. The fourth-order valence-electron chi connectivity index (χ4n) is 3.14. The van der Waals surface area contributed by atoms with Crippen molar-refractivity contribution in [2.24, 2.45) is 0 Å². The molecule has 3 aromatic carbocycles. The van der Waals surface area contributed by atoms with Gasteiger partial charge in [-0.15, -0.1) is 0 Å². The van der Waals surface area contributed by atoms with Crippen molar-refractivity contribution >= 4 is 0 Å². The number of nitrogens with zero attached hydrogens (tertiary/aromatic N) is 3. The first-order valence-electron chi connectivity index (χ1n) is 8.41. The molecule has 0 atom stereocenters. The van der Waals surface area contributed by atoms with Gasteiger partial charge in [-0.3, -0.25) is 0 Å². The summed E-state index contributed by atoms with van der Waals surface area (Å²) >= 11 is 0. The molecule has 4 rings (SSSR count). The van der Waals surface area contributed by atoms with Crippen LogP contribution < -0.4 is 0 Å². The second-order valence-corrected chi connectivity index (χ2v) is 6.02. The number of aromatic nitrogens is 3. The highest BCUT2D eigenvalue weighted by molar-refractivity contribution is 5.56. The van der Waals surface area contributed by atoms with E-state index in [1.54, 1.807) is 0 Å². The third-order valence-electron chi connectivity index (χ3n) is 4.24. The Balaban J connectivity index is 1.93. The van der Waals surface area contributed by atoms with Crippen LogP contribution in [-0.2, 0) is 0 Å². The molecule has 0 saturated carbocycles. The van der Waals surface area contributed by atoms with Gasteiger partial charge in [-0.25, -0.2) is 9.67 Å². The zero-order valence-corrected chi connectivity index (χ0v) is 14.1. The summed E-state index contributed by atoms with van der Waals surface area (Å²) < 4.78 is 2.04. The molecule has 0 saturated heterocycles. The molecule has 0 radical (unpaired) electrons. The molecule has 0 N–H and O–H groups in total. The normalized spacial score (nSPS) is 11.0. The van der Waals surface area contributed by atoms with Crippen LogP contribution in [0, 0.1) is 6.92 Å². The summed E-state index contributed by atoms with van der Waals surface area (Å²) in [6, 6.07) is 31.1. The molecule has 0 aliphatic carbocycles. The summed E-state index contributed by atoms with van der Waals surface area (Å²) in [7, 11) is 0. The smallest absolute Gasteiger partial charge is 0.159 e. The van der Waals surface area contributed by atoms with Crippen LogP contribution in [0.4, 0.5) is 0 Å². The molecule has 0 fully saturated rings. The Morgan fingerprint density at radius 1 is 0.680 bits per heavy atom. The lowest BCUT2D eigenvalue weighted by Gasteiger charge is -2.20. The van der Waals surface area contributed by atoms with Gasteiger partial charge in [0.15, 0.2) is 5.82 Å². The van der Waals surface area contributed by atoms with E-state index in [0.717, 1.165) is 17.2 Å².